The average Bonchev–Trinajstić information content (AvgIpc) is 2.74. The molecule has 0 aromatic heterocycles. The van der Waals surface area contributed by atoms with Gasteiger partial charge in [0.25, 0.3) is 0 Å². The highest BCUT2D eigenvalue weighted by atomic mass is 35.5. The first kappa shape index (κ1) is 21.4. The van der Waals surface area contributed by atoms with Gasteiger partial charge in [-0.25, -0.2) is 0 Å². The molecule has 2 fully saturated rings. The van der Waals surface area contributed by atoms with Gasteiger partial charge in [0.15, 0.2) is 0 Å². The van der Waals surface area contributed by atoms with Crippen LogP contribution in [-0.4, -0.2) is 67.6 Å². The van der Waals surface area contributed by atoms with Crippen molar-refractivity contribution in [2.75, 3.05) is 45.9 Å². The number of amides is 1. The number of hydrogen-bond acceptors (Lipinski definition) is 4. The monoisotopic (exact) mass is 407 g/mol. The van der Waals surface area contributed by atoms with Crippen LogP contribution in [0.3, 0.4) is 0 Å². The standard InChI is InChI=1S/C22H34ClN3O2/c1-18(22(27)24-17-19-7-3-2-4-8-19)26-13-11-25(12-14-26)15-16-28-21-10-6-5-9-20(21)23/h5-6,9-10,18-19H,2-4,7-8,11-17H2,1H3,(H,24,27). The lowest BCUT2D eigenvalue weighted by molar-refractivity contribution is -0.126. The van der Waals surface area contributed by atoms with Gasteiger partial charge in [-0.3, -0.25) is 14.6 Å². The summed E-state index contributed by atoms with van der Waals surface area (Å²) in [6.45, 7) is 8.16. The summed E-state index contributed by atoms with van der Waals surface area (Å²) in [6, 6.07) is 7.52. The number of nitrogens with zero attached hydrogens (tertiary/aromatic N) is 2. The van der Waals surface area contributed by atoms with Crippen LogP contribution in [0.25, 0.3) is 0 Å². The van der Waals surface area contributed by atoms with Crippen molar-refractivity contribution in [2.45, 2.75) is 45.1 Å². The lowest BCUT2D eigenvalue weighted by Crippen LogP contribution is -2.54. The highest BCUT2D eigenvalue weighted by Gasteiger charge is 2.26. The van der Waals surface area contributed by atoms with Crippen molar-refractivity contribution in [3.05, 3.63) is 29.3 Å². The van der Waals surface area contributed by atoms with Crippen LogP contribution in [0.2, 0.25) is 5.02 Å². The average molecular weight is 408 g/mol. The molecule has 0 spiro atoms. The summed E-state index contributed by atoms with van der Waals surface area (Å²) in [5.41, 5.74) is 0. The fraction of sp³-hybridized carbons (Fsp3) is 0.682. The second kappa shape index (κ2) is 11.0. The zero-order chi connectivity index (χ0) is 19.8. The third-order valence-electron chi connectivity index (χ3n) is 6.13. The van der Waals surface area contributed by atoms with E-state index in [0.29, 0.717) is 17.5 Å². The van der Waals surface area contributed by atoms with E-state index in [0.717, 1.165) is 45.0 Å². The first-order valence-electron chi connectivity index (χ1n) is 10.7. The zero-order valence-electron chi connectivity index (χ0n) is 17.0. The molecule has 1 saturated heterocycles. The van der Waals surface area contributed by atoms with Crippen LogP contribution in [0, 0.1) is 5.92 Å². The summed E-state index contributed by atoms with van der Waals surface area (Å²) >= 11 is 6.12. The van der Waals surface area contributed by atoms with Crippen molar-refractivity contribution in [2.24, 2.45) is 5.92 Å². The molecule has 1 atom stereocenters. The molecule has 1 aliphatic heterocycles. The summed E-state index contributed by atoms with van der Waals surface area (Å²) in [6.07, 6.45) is 6.53. The van der Waals surface area contributed by atoms with Crippen LogP contribution in [0.15, 0.2) is 24.3 Å². The van der Waals surface area contributed by atoms with Gasteiger partial charge in [0.2, 0.25) is 5.91 Å². The number of hydrogen-bond donors (Lipinski definition) is 1. The van der Waals surface area contributed by atoms with Crippen molar-refractivity contribution >= 4 is 17.5 Å². The number of carbonyl (C=O) groups is 1. The molecule has 156 valence electrons. The second-order valence-electron chi connectivity index (χ2n) is 8.08. The van der Waals surface area contributed by atoms with Crippen LogP contribution in [0.4, 0.5) is 0 Å². The van der Waals surface area contributed by atoms with Gasteiger partial charge >= 0.3 is 0 Å². The highest BCUT2D eigenvalue weighted by molar-refractivity contribution is 6.32. The minimum absolute atomic E-state index is 0.0508. The van der Waals surface area contributed by atoms with E-state index in [2.05, 4.69) is 15.1 Å². The van der Waals surface area contributed by atoms with Gasteiger partial charge in [0.05, 0.1) is 11.1 Å². The molecule has 3 rings (SSSR count). The smallest absolute Gasteiger partial charge is 0.237 e. The molecule has 0 radical (unpaired) electrons. The molecule has 5 nitrogen and oxygen atoms in total. The SMILES string of the molecule is CC(C(=O)NCC1CCCCC1)N1CCN(CCOc2ccccc2Cl)CC1. The molecule has 28 heavy (non-hydrogen) atoms. The summed E-state index contributed by atoms with van der Waals surface area (Å²) in [7, 11) is 0. The minimum atomic E-state index is -0.0508. The molecular weight excluding hydrogens is 374 g/mol. The number of nitrogens with one attached hydrogen (secondary N) is 1. The van der Waals surface area contributed by atoms with Gasteiger partial charge in [0.1, 0.15) is 12.4 Å². The number of benzene rings is 1. The first-order chi connectivity index (χ1) is 13.6. The Kier molecular flexibility index (Phi) is 8.44. The predicted octanol–water partition coefficient (Wildman–Crippen LogP) is 3.42. The van der Waals surface area contributed by atoms with Crippen LogP contribution in [-0.2, 0) is 4.79 Å². The van der Waals surface area contributed by atoms with Gasteiger partial charge in [0, 0.05) is 39.3 Å². The Bertz CT molecular complexity index is 614. The fourth-order valence-corrected chi connectivity index (χ4v) is 4.36. The maximum Gasteiger partial charge on any atom is 0.237 e. The van der Waals surface area contributed by atoms with Crippen LogP contribution >= 0.6 is 11.6 Å². The minimum Gasteiger partial charge on any atom is -0.491 e. The van der Waals surface area contributed by atoms with E-state index >= 15 is 0 Å². The Hall–Kier alpha value is -1.30. The van der Waals surface area contributed by atoms with Crippen molar-refractivity contribution in [1.82, 2.24) is 15.1 Å². The molecule has 1 saturated carbocycles. The van der Waals surface area contributed by atoms with Crippen LogP contribution in [0.1, 0.15) is 39.0 Å². The largest absolute Gasteiger partial charge is 0.491 e. The first-order valence-corrected chi connectivity index (χ1v) is 11.1. The number of rotatable bonds is 8. The van der Waals surface area contributed by atoms with E-state index in [9.17, 15) is 4.79 Å². The predicted molar refractivity (Wildman–Crippen MR) is 114 cm³/mol. The van der Waals surface area contributed by atoms with E-state index < -0.39 is 0 Å². The quantitative estimate of drug-likeness (QED) is 0.717. The van der Waals surface area contributed by atoms with E-state index in [1.807, 2.05) is 31.2 Å². The van der Waals surface area contributed by atoms with Crippen molar-refractivity contribution in [3.8, 4) is 5.75 Å². The van der Waals surface area contributed by atoms with Gasteiger partial charge < -0.3 is 10.1 Å². The summed E-state index contributed by atoms with van der Waals surface area (Å²) < 4.78 is 5.79. The van der Waals surface area contributed by atoms with Crippen LogP contribution in [0.5, 0.6) is 5.75 Å². The number of ether oxygens (including phenoxy) is 1. The Morgan fingerprint density at radius 1 is 1.18 bits per heavy atom. The second-order valence-corrected chi connectivity index (χ2v) is 8.49. The molecule has 2 aliphatic rings. The Morgan fingerprint density at radius 3 is 2.61 bits per heavy atom. The van der Waals surface area contributed by atoms with Gasteiger partial charge in [-0.05, 0) is 37.8 Å². The molecule has 1 aromatic carbocycles. The Labute approximate surface area is 174 Å². The maximum absolute atomic E-state index is 12.5. The summed E-state index contributed by atoms with van der Waals surface area (Å²) in [5, 5.41) is 3.84. The van der Waals surface area contributed by atoms with Crippen LogP contribution < -0.4 is 10.1 Å². The molecule has 1 N–H and O–H groups in total. The summed E-state index contributed by atoms with van der Waals surface area (Å²) in [5.74, 6) is 1.60. The molecule has 0 bridgehead atoms. The Balaban J connectivity index is 1.32. The highest BCUT2D eigenvalue weighted by Crippen LogP contribution is 2.23. The third-order valence-corrected chi connectivity index (χ3v) is 6.44. The zero-order valence-corrected chi connectivity index (χ0v) is 17.8. The van der Waals surface area contributed by atoms with Gasteiger partial charge in [-0.15, -0.1) is 0 Å². The molecule has 6 heteroatoms. The molecule has 1 unspecified atom stereocenters. The number of carbonyl (C=O) groups excluding carboxylic acids is 1. The molecule has 1 aliphatic carbocycles. The van der Waals surface area contributed by atoms with E-state index in [1.54, 1.807) is 0 Å². The van der Waals surface area contributed by atoms with Crippen molar-refractivity contribution < 1.29 is 9.53 Å². The number of halogens is 1. The Morgan fingerprint density at radius 2 is 1.89 bits per heavy atom. The van der Waals surface area contributed by atoms with E-state index in [4.69, 9.17) is 16.3 Å². The number of piperazine rings is 1. The molecule has 1 aromatic rings. The third kappa shape index (κ3) is 6.36. The normalized spacial score (nSPS) is 20.6. The molecular formula is C22H34ClN3O2. The summed E-state index contributed by atoms with van der Waals surface area (Å²) in [4.78, 5) is 17.2. The molecule has 1 amide bonds. The number of para-hydroxylation sites is 1. The topological polar surface area (TPSA) is 44.8 Å². The lowest BCUT2D eigenvalue weighted by Gasteiger charge is -2.37. The maximum atomic E-state index is 12.5. The van der Waals surface area contributed by atoms with Crippen molar-refractivity contribution in [3.63, 3.8) is 0 Å². The fourth-order valence-electron chi connectivity index (χ4n) is 4.17. The molecule has 1 heterocycles. The van der Waals surface area contributed by atoms with E-state index in [-0.39, 0.29) is 11.9 Å². The van der Waals surface area contributed by atoms with Crippen molar-refractivity contribution in [1.29, 1.82) is 0 Å². The lowest BCUT2D eigenvalue weighted by atomic mass is 9.89. The van der Waals surface area contributed by atoms with E-state index in [1.165, 1.54) is 32.1 Å². The van der Waals surface area contributed by atoms with Gasteiger partial charge in [-0.1, -0.05) is 43.0 Å². The van der Waals surface area contributed by atoms with Gasteiger partial charge in [-0.2, -0.15) is 0 Å².